The van der Waals surface area contributed by atoms with Crippen molar-refractivity contribution in [3.63, 3.8) is 0 Å². The number of hydrogen-bond acceptors (Lipinski definition) is 5. The highest BCUT2D eigenvalue weighted by atomic mass is 32.2. The minimum absolute atomic E-state index is 0.177. The molecule has 1 aromatic heterocycles. The molecule has 150 valence electrons. The van der Waals surface area contributed by atoms with Crippen molar-refractivity contribution in [1.29, 1.82) is 0 Å². The normalized spacial score (nSPS) is 11.1. The van der Waals surface area contributed by atoms with Gasteiger partial charge in [-0.05, 0) is 42.0 Å². The van der Waals surface area contributed by atoms with Crippen molar-refractivity contribution >= 4 is 27.4 Å². The van der Waals surface area contributed by atoms with Crippen LogP contribution in [0.25, 0.3) is 0 Å². The Morgan fingerprint density at radius 3 is 2.38 bits per heavy atom. The molecule has 0 saturated carbocycles. The number of carbonyl (C=O) groups excluding carboxylic acids is 1. The fourth-order valence-electron chi connectivity index (χ4n) is 2.50. The standard InChI is InChI=1S/C19H16F2N4O3S/c20-14-7-15(21)9-16(8-14)25-29(27,28)17-4-5-18(24-11-17)23-10-12-2-1-3-13(6-12)19(22)26/h1-9,11,25H,10H2,(H2,22,26)(H,23,24). The lowest BCUT2D eigenvalue weighted by molar-refractivity contribution is 0.1000. The summed E-state index contributed by atoms with van der Waals surface area (Å²) in [4.78, 5) is 15.1. The average molecular weight is 418 g/mol. The molecule has 4 N–H and O–H groups in total. The second kappa shape index (κ2) is 8.23. The predicted molar refractivity (Wildman–Crippen MR) is 104 cm³/mol. The summed E-state index contributed by atoms with van der Waals surface area (Å²) in [5.41, 5.74) is 6.17. The number of nitrogens with one attached hydrogen (secondary N) is 2. The molecule has 0 bridgehead atoms. The average Bonchev–Trinajstić information content (AvgIpc) is 2.65. The van der Waals surface area contributed by atoms with E-state index in [1.54, 1.807) is 24.3 Å². The van der Waals surface area contributed by atoms with Gasteiger partial charge in [-0.3, -0.25) is 9.52 Å². The number of sulfonamides is 1. The molecule has 0 aliphatic heterocycles. The van der Waals surface area contributed by atoms with Gasteiger partial charge in [-0.2, -0.15) is 0 Å². The van der Waals surface area contributed by atoms with E-state index in [0.29, 0.717) is 24.0 Å². The predicted octanol–water partition coefficient (Wildman–Crippen LogP) is 2.87. The second-order valence-electron chi connectivity index (χ2n) is 6.06. The van der Waals surface area contributed by atoms with Crippen LogP contribution in [0.4, 0.5) is 20.3 Å². The van der Waals surface area contributed by atoms with Crippen LogP contribution in [-0.4, -0.2) is 19.3 Å². The van der Waals surface area contributed by atoms with Crippen molar-refractivity contribution in [3.8, 4) is 0 Å². The van der Waals surface area contributed by atoms with Gasteiger partial charge in [0, 0.05) is 24.4 Å². The van der Waals surface area contributed by atoms with Gasteiger partial charge in [-0.1, -0.05) is 12.1 Å². The Bertz CT molecular complexity index is 1130. The maximum atomic E-state index is 13.2. The summed E-state index contributed by atoms with van der Waals surface area (Å²) in [5, 5.41) is 2.99. The number of amides is 1. The van der Waals surface area contributed by atoms with Crippen LogP contribution in [0.2, 0.25) is 0 Å². The first-order valence-electron chi connectivity index (χ1n) is 8.30. The summed E-state index contributed by atoms with van der Waals surface area (Å²) < 4.78 is 53.3. The van der Waals surface area contributed by atoms with Gasteiger partial charge in [-0.15, -0.1) is 0 Å². The van der Waals surface area contributed by atoms with Crippen molar-refractivity contribution in [3.05, 3.63) is 83.6 Å². The number of nitrogens with zero attached hydrogens (tertiary/aromatic N) is 1. The summed E-state index contributed by atoms with van der Waals surface area (Å²) in [6, 6.07) is 11.8. The Morgan fingerprint density at radius 2 is 1.76 bits per heavy atom. The van der Waals surface area contributed by atoms with Crippen LogP contribution in [-0.2, 0) is 16.6 Å². The number of primary amides is 1. The third-order valence-corrected chi connectivity index (χ3v) is 5.21. The molecule has 0 radical (unpaired) electrons. The van der Waals surface area contributed by atoms with Crippen LogP contribution >= 0.6 is 0 Å². The van der Waals surface area contributed by atoms with Gasteiger partial charge in [0.05, 0.1) is 5.69 Å². The molecule has 3 aromatic rings. The molecular weight excluding hydrogens is 402 g/mol. The zero-order valence-electron chi connectivity index (χ0n) is 14.9. The van der Waals surface area contributed by atoms with Crippen molar-refractivity contribution < 1.29 is 22.0 Å². The van der Waals surface area contributed by atoms with Crippen LogP contribution < -0.4 is 15.8 Å². The number of hydrogen-bond donors (Lipinski definition) is 3. The van der Waals surface area contributed by atoms with Crippen LogP contribution in [0.15, 0.2) is 65.7 Å². The molecule has 0 unspecified atom stereocenters. The molecule has 0 aliphatic carbocycles. The van der Waals surface area contributed by atoms with E-state index >= 15 is 0 Å². The smallest absolute Gasteiger partial charge is 0.263 e. The minimum atomic E-state index is -4.07. The maximum Gasteiger partial charge on any atom is 0.263 e. The number of aromatic nitrogens is 1. The van der Waals surface area contributed by atoms with E-state index < -0.39 is 27.6 Å². The number of halogens is 2. The first kappa shape index (κ1) is 20.2. The second-order valence-corrected chi connectivity index (χ2v) is 7.74. The quantitative estimate of drug-likeness (QED) is 0.546. The van der Waals surface area contributed by atoms with Crippen LogP contribution in [0.5, 0.6) is 0 Å². The minimum Gasteiger partial charge on any atom is -0.366 e. The fraction of sp³-hybridized carbons (Fsp3) is 0.0526. The fourth-order valence-corrected chi connectivity index (χ4v) is 3.48. The van der Waals surface area contributed by atoms with E-state index in [0.717, 1.165) is 23.9 Å². The Labute approximate surface area is 165 Å². The van der Waals surface area contributed by atoms with E-state index in [2.05, 4.69) is 15.0 Å². The highest BCUT2D eigenvalue weighted by Crippen LogP contribution is 2.19. The lowest BCUT2D eigenvalue weighted by Gasteiger charge is -2.10. The van der Waals surface area contributed by atoms with E-state index in [-0.39, 0.29) is 10.6 Å². The van der Waals surface area contributed by atoms with Gasteiger partial charge in [0.25, 0.3) is 10.0 Å². The summed E-state index contributed by atoms with van der Waals surface area (Å²) in [6.07, 6.45) is 1.11. The molecule has 1 heterocycles. The van der Waals surface area contributed by atoms with Gasteiger partial charge in [0.1, 0.15) is 22.3 Å². The number of rotatable bonds is 7. The molecule has 0 saturated heterocycles. The first-order chi connectivity index (χ1) is 13.7. The molecule has 3 rings (SSSR count). The largest absolute Gasteiger partial charge is 0.366 e. The zero-order chi connectivity index (χ0) is 21.0. The molecule has 10 heteroatoms. The highest BCUT2D eigenvalue weighted by molar-refractivity contribution is 7.92. The zero-order valence-corrected chi connectivity index (χ0v) is 15.7. The highest BCUT2D eigenvalue weighted by Gasteiger charge is 2.16. The van der Waals surface area contributed by atoms with Gasteiger partial charge >= 0.3 is 0 Å². The summed E-state index contributed by atoms with van der Waals surface area (Å²) >= 11 is 0. The van der Waals surface area contributed by atoms with Gasteiger partial charge in [0.2, 0.25) is 5.91 Å². The Hall–Kier alpha value is -3.53. The maximum absolute atomic E-state index is 13.2. The molecule has 2 aromatic carbocycles. The lowest BCUT2D eigenvalue weighted by Crippen LogP contribution is -2.14. The SMILES string of the molecule is NC(=O)c1cccc(CNc2ccc(S(=O)(=O)Nc3cc(F)cc(F)c3)cn2)c1. The van der Waals surface area contributed by atoms with Crippen LogP contribution in [0, 0.1) is 11.6 Å². The Kier molecular flexibility index (Phi) is 5.74. The Morgan fingerprint density at radius 1 is 1.03 bits per heavy atom. The third-order valence-electron chi connectivity index (χ3n) is 3.85. The number of benzene rings is 2. The van der Waals surface area contributed by atoms with Gasteiger partial charge in [-0.25, -0.2) is 22.2 Å². The lowest BCUT2D eigenvalue weighted by atomic mass is 10.1. The molecule has 0 aliphatic rings. The van der Waals surface area contributed by atoms with Crippen molar-refractivity contribution in [1.82, 2.24) is 4.98 Å². The molecule has 0 fully saturated rings. The summed E-state index contributed by atoms with van der Waals surface area (Å²) in [5.74, 6) is -1.95. The van der Waals surface area contributed by atoms with Crippen molar-refractivity contribution in [2.45, 2.75) is 11.4 Å². The molecule has 1 amide bonds. The number of pyridine rings is 1. The topological polar surface area (TPSA) is 114 Å². The van der Waals surface area contributed by atoms with Crippen LogP contribution in [0.3, 0.4) is 0 Å². The number of nitrogens with two attached hydrogens (primary N) is 1. The van der Waals surface area contributed by atoms with Crippen LogP contribution in [0.1, 0.15) is 15.9 Å². The van der Waals surface area contributed by atoms with E-state index in [1.807, 2.05) is 0 Å². The first-order valence-corrected chi connectivity index (χ1v) is 9.79. The molecule has 0 atom stereocenters. The van der Waals surface area contributed by atoms with Crippen molar-refractivity contribution in [2.75, 3.05) is 10.0 Å². The number of carbonyl (C=O) groups is 1. The Balaban J connectivity index is 1.69. The van der Waals surface area contributed by atoms with E-state index in [9.17, 15) is 22.0 Å². The van der Waals surface area contributed by atoms with E-state index in [1.165, 1.54) is 12.1 Å². The molecular formula is C19H16F2N4O3S. The number of anilines is 2. The third kappa shape index (κ3) is 5.26. The van der Waals surface area contributed by atoms with Gasteiger partial charge in [0.15, 0.2) is 0 Å². The van der Waals surface area contributed by atoms with Gasteiger partial charge < -0.3 is 11.1 Å². The summed E-state index contributed by atoms with van der Waals surface area (Å²) in [6.45, 7) is 0.334. The molecule has 7 nitrogen and oxygen atoms in total. The van der Waals surface area contributed by atoms with E-state index in [4.69, 9.17) is 5.73 Å². The van der Waals surface area contributed by atoms with Crippen molar-refractivity contribution in [2.24, 2.45) is 5.73 Å². The molecule has 29 heavy (non-hydrogen) atoms. The molecule has 0 spiro atoms. The summed E-state index contributed by atoms with van der Waals surface area (Å²) in [7, 11) is -4.07. The monoisotopic (exact) mass is 418 g/mol.